The summed E-state index contributed by atoms with van der Waals surface area (Å²) in [6.07, 6.45) is 3.81. The lowest BCUT2D eigenvalue weighted by molar-refractivity contribution is 0.880. The van der Waals surface area contributed by atoms with E-state index in [0.717, 1.165) is 21.3 Å². The molecule has 0 spiro atoms. The highest BCUT2D eigenvalue weighted by atomic mass is 79.9. The van der Waals surface area contributed by atoms with Crippen LogP contribution in [0.1, 0.15) is 5.56 Å². The molecule has 0 radical (unpaired) electrons. The maximum atomic E-state index is 8.80. The van der Waals surface area contributed by atoms with Crippen molar-refractivity contribution in [1.82, 2.24) is 9.78 Å². The van der Waals surface area contributed by atoms with Crippen molar-refractivity contribution < 1.29 is 0 Å². The second kappa shape index (κ2) is 5.32. The van der Waals surface area contributed by atoms with E-state index in [9.17, 15) is 0 Å². The molecule has 3 aromatic rings. The highest BCUT2D eigenvalue weighted by Crippen LogP contribution is 2.22. The smallest absolute Gasteiger partial charge is 0.0991 e. The number of benzene rings is 2. The van der Waals surface area contributed by atoms with Gasteiger partial charge in [0.15, 0.2) is 0 Å². The fraction of sp³-hybridized carbons (Fsp3) is 0. The molecule has 0 saturated heterocycles. The van der Waals surface area contributed by atoms with Gasteiger partial charge in [-0.25, -0.2) is 4.68 Å². The molecule has 1 aromatic heterocycles. The fourth-order valence-electron chi connectivity index (χ4n) is 1.94. The van der Waals surface area contributed by atoms with Crippen LogP contribution in [0.15, 0.2) is 65.4 Å². The predicted molar refractivity (Wildman–Crippen MR) is 81.4 cm³/mol. The van der Waals surface area contributed by atoms with E-state index in [1.165, 1.54) is 0 Å². The van der Waals surface area contributed by atoms with E-state index < -0.39 is 0 Å². The van der Waals surface area contributed by atoms with Gasteiger partial charge in [-0.3, -0.25) is 0 Å². The van der Waals surface area contributed by atoms with Crippen LogP contribution in [0.5, 0.6) is 0 Å². The molecule has 96 valence electrons. The topological polar surface area (TPSA) is 41.6 Å². The Morgan fingerprint density at radius 3 is 2.30 bits per heavy atom. The summed E-state index contributed by atoms with van der Waals surface area (Å²) in [6.45, 7) is 0. The zero-order chi connectivity index (χ0) is 13.9. The Morgan fingerprint density at radius 2 is 1.65 bits per heavy atom. The van der Waals surface area contributed by atoms with Gasteiger partial charge < -0.3 is 0 Å². The first-order valence-electron chi connectivity index (χ1n) is 6.07. The van der Waals surface area contributed by atoms with Crippen LogP contribution >= 0.6 is 15.9 Å². The third-order valence-electron chi connectivity index (χ3n) is 3.02. The molecule has 0 N–H and O–H groups in total. The summed E-state index contributed by atoms with van der Waals surface area (Å²) in [6, 6.07) is 17.6. The van der Waals surface area contributed by atoms with Crippen LogP contribution in [0.4, 0.5) is 0 Å². The number of halogens is 1. The number of aromatic nitrogens is 2. The molecule has 0 saturated carbocycles. The second-order valence-electron chi connectivity index (χ2n) is 4.34. The zero-order valence-corrected chi connectivity index (χ0v) is 12.1. The average molecular weight is 324 g/mol. The van der Waals surface area contributed by atoms with Gasteiger partial charge >= 0.3 is 0 Å². The fourth-order valence-corrected chi connectivity index (χ4v) is 2.21. The van der Waals surface area contributed by atoms with E-state index in [1.807, 2.05) is 48.8 Å². The van der Waals surface area contributed by atoms with E-state index in [-0.39, 0.29) is 0 Å². The van der Waals surface area contributed by atoms with Crippen LogP contribution in [0.3, 0.4) is 0 Å². The molecule has 0 fully saturated rings. The minimum absolute atomic E-state index is 0.647. The van der Waals surface area contributed by atoms with Gasteiger partial charge in [0, 0.05) is 16.2 Å². The summed E-state index contributed by atoms with van der Waals surface area (Å²) in [5.74, 6) is 0. The number of hydrogen-bond acceptors (Lipinski definition) is 2. The number of rotatable bonds is 2. The summed E-state index contributed by atoms with van der Waals surface area (Å²) in [5, 5.41) is 13.2. The summed E-state index contributed by atoms with van der Waals surface area (Å²) in [4.78, 5) is 0. The van der Waals surface area contributed by atoms with Crippen molar-refractivity contribution in [3.63, 3.8) is 0 Å². The number of nitrogens with zero attached hydrogens (tertiary/aromatic N) is 3. The predicted octanol–water partition coefficient (Wildman–Crippen LogP) is 4.17. The molecule has 0 atom stereocenters. The van der Waals surface area contributed by atoms with Crippen LogP contribution in [0.2, 0.25) is 0 Å². The third-order valence-corrected chi connectivity index (χ3v) is 3.55. The molecule has 0 unspecified atom stereocenters. The van der Waals surface area contributed by atoms with Crippen molar-refractivity contribution in [2.24, 2.45) is 0 Å². The monoisotopic (exact) mass is 323 g/mol. The molecule has 0 amide bonds. The van der Waals surface area contributed by atoms with Crippen molar-refractivity contribution in [3.8, 4) is 22.9 Å². The maximum absolute atomic E-state index is 8.80. The molecule has 3 rings (SSSR count). The van der Waals surface area contributed by atoms with Crippen molar-refractivity contribution in [1.29, 1.82) is 5.26 Å². The summed E-state index contributed by atoms with van der Waals surface area (Å²) in [7, 11) is 0. The maximum Gasteiger partial charge on any atom is 0.0991 e. The lowest BCUT2D eigenvalue weighted by atomic mass is 10.1. The first-order valence-corrected chi connectivity index (χ1v) is 6.87. The van der Waals surface area contributed by atoms with E-state index in [0.29, 0.717) is 5.56 Å². The Labute approximate surface area is 125 Å². The van der Waals surface area contributed by atoms with Gasteiger partial charge in [-0.1, -0.05) is 28.1 Å². The van der Waals surface area contributed by atoms with E-state index >= 15 is 0 Å². The van der Waals surface area contributed by atoms with Gasteiger partial charge in [0.2, 0.25) is 0 Å². The Morgan fingerprint density at radius 1 is 0.950 bits per heavy atom. The quantitative estimate of drug-likeness (QED) is 0.710. The number of nitriles is 1. The molecule has 3 nitrogen and oxygen atoms in total. The molecule has 0 aliphatic carbocycles. The molecular weight excluding hydrogens is 314 g/mol. The Kier molecular flexibility index (Phi) is 3.36. The van der Waals surface area contributed by atoms with Crippen LogP contribution in [0.25, 0.3) is 16.8 Å². The van der Waals surface area contributed by atoms with Crippen LogP contribution in [0, 0.1) is 11.3 Å². The van der Waals surface area contributed by atoms with Crippen LogP contribution in [-0.2, 0) is 0 Å². The van der Waals surface area contributed by atoms with E-state index in [2.05, 4.69) is 27.1 Å². The van der Waals surface area contributed by atoms with Crippen molar-refractivity contribution in [2.45, 2.75) is 0 Å². The van der Waals surface area contributed by atoms with Crippen molar-refractivity contribution >= 4 is 15.9 Å². The summed E-state index contributed by atoms with van der Waals surface area (Å²) < 4.78 is 2.86. The molecule has 0 aliphatic rings. The molecular formula is C16H10BrN3. The van der Waals surface area contributed by atoms with Crippen molar-refractivity contribution in [3.05, 3.63) is 71.0 Å². The van der Waals surface area contributed by atoms with E-state index in [1.54, 1.807) is 16.8 Å². The van der Waals surface area contributed by atoms with Gasteiger partial charge in [0.1, 0.15) is 0 Å². The SMILES string of the molecule is N#Cc1ccc(-n2cc(-c3ccc(Br)cc3)cn2)cc1. The summed E-state index contributed by atoms with van der Waals surface area (Å²) in [5.41, 5.74) is 3.76. The van der Waals surface area contributed by atoms with Crippen molar-refractivity contribution in [2.75, 3.05) is 0 Å². The Balaban J connectivity index is 1.93. The van der Waals surface area contributed by atoms with Gasteiger partial charge in [-0.05, 0) is 42.0 Å². The average Bonchev–Trinajstić information content (AvgIpc) is 2.98. The second-order valence-corrected chi connectivity index (χ2v) is 5.25. The lowest BCUT2D eigenvalue weighted by Crippen LogP contribution is -1.93. The van der Waals surface area contributed by atoms with Gasteiger partial charge in [0.05, 0.1) is 23.5 Å². The first kappa shape index (κ1) is 12.6. The highest BCUT2D eigenvalue weighted by molar-refractivity contribution is 9.10. The first-order chi connectivity index (χ1) is 9.76. The van der Waals surface area contributed by atoms with E-state index in [4.69, 9.17) is 5.26 Å². The van der Waals surface area contributed by atoms with Gasteiger partial charge in [-0.2, -0.15) is 10.4 Å². The standard InChI is InChI=1S/C16H10BrN3/c17-15-5-3-13(4-6-15)14-10-19-20(11-14)16-7-1-12(9-18)2-8-16/h1-8,10-11H. The number of hydrogen-bond donors (Lipinski definition) is 0. The Hall–Kier alpha value is -2.38. The summed E-state index contributed by atoms with van der Waals surface area (Å²) >= 11 is 3.43. The van der Waals surface area contributed by atoms with Crippen LogP contribution in [-0.4, -0.2) is 9.78 Å². The van der Waals surface area contributed by atoms with Crippen LogP contribution < -0.4 is 0 Å². The molecule has 0 aliphatic heterocycles. The molecule has 0 bridgehead atoms. The molecule has 2 aromatic carbocycles. The lowest BCUT2D eigenvalue weighted by Gasteiger charge is -2.00. The largest absolute Gasteiger partial charge is 0.240 e. The molecule has 4 heteroatoms. The minimum Gasteiger partial charge on any atom is -0.240 e. The van der Waals surface area contributed by atoms with Gasteiger partial charge in [0.25, 0.3) is 0 Å². The minimum atomic E-state index is 0.647. The zero-order valence-electron chi connectivity index (χ0n) is 10.5. The molecule has 20 heavy (non-hydrogen) atoms. The normalized spacial score (nSPS) is 10.2. The molecule has 1 heterocycles. The Bertz CT molecular complexity index is 765. The van der Waals surface area contributed by atoms with Gasteiger partial charge in [-0.15, -0.1) is 0 Å². The highest BCUT2D eigenvalue weighted by Gasteiger charge is 2.03. The third kappa shape index (κ3) is 2.49.